The highest BCUT2D eigenvalue weighted by Crippen LogP contribution is 2.55. The summed E-state index contributed by atoms with van der Waals surface area (Å²) in [5.41, 5.74) is 3.43. The van der Waals surface area contributed by atoms with Crippen molar-refractivity contribution in [3.63, 3.8) is 0 Å². The highest BCUT2D eigenvalue weighted by Gasteiger charge is 2.27. The molecule has 2 aromatic carbocycles. The minimum atomic E-state index is -1.02. The summed E-state index contributed by atoms with van der Waals surface area (Å²) >= 11 is 0. The van der Waals surface area contributed by atoms with Gasteiger partial charge in [0.25, 0.3) is 0 Å². The Bertz CT molecular complexity index is 1140. The van der Waals surface area contributed by atoms with E-state index in [9.17, 15) is 4.79 Å². The molecule has 4 heteroatoms. The summed E-state index contributed by atoms with van der Waals surface area (Å²) in [7, 11) is 0.622. The van der Waals surface area contributed by atoms with E-state index in [4.69, 9.17) is 9.15 Å². The van der Waals surface area contributed by atoms with Crippen LogP contribution in [0.15, 0.2) is 45.0 Å². The summed E-state index contributed by atoms with van der Waals surface area (Å²) in [6.07, 6.45) is 4.63. The fraction of sp³-hybridized carbons (Fsp3) is 0.375. The third kappa shape index (κ3) is 3.35. The summed E-state index contributed by atoms with van der Waals surface area (Å²) in [5, 5.41) is 4.72. The average Bonchev–Trinajstić information content (AvgIpc) is 2.59. The zero-order chi connectivity index (χ0) is 20.9. The van der Waals surface area contributed by atoms with E-state index in [1.165, 1.54) is 0 Å². The fourth-order valence-corrected chi connectivity index (χ4v) is 4.85. The van der Waals surface area contributed by atoms with Crippen LogP contribution in [0.25, 0.3) is 27.3 Å². The zero-order valence-corrected chi connectivity index (χ0v) is 18.9. The van der Waals surface area contributed by atoms with E-state index in [1.807, 2.05) is 24.3 Å². The monoisotopic (exact) mass is 398 g/mol. The smallest absolute Gasteiger partial charge is 0.344 e. The second-order valence-electron chi connectivity index (χ2n) is 8.72. The molecular formula is C24H30O3S. The van der Waals surface area contributed by atoms with Gasteiger partial charge in [-0.05, 0) is 65.3 Å². The van der Waals surface area contributed by atoms with Crippen LogP contribution in [0.4, 0.5) is 0 Å². The first kappa shape index (κ1) is 20.5. The molecule has 0 atom stereocenters. The number of allylic oxidation sites excluding steroid dienone is 1. The van der Waals surface area contributed by atoms with Crippen molar-refractivity contribution in [1.82, 2.24) is 0 Å². The highest BCUT2D eigenvalue weighted by molar-refractivity contribution is 8.36. The molecule has 150 valence electrons. The van der Waals surface area contributed by atoms with Crippen molar-refractivity contribution in [3.05, 3.63) is 57.3 Å². The Balaban J connectivity index is 2.44. The molecule has 0 aliphatic rings. The second kappa shape index (κ2) is 7.00. The van der Waals surface area contributed by atoms with Crippen LogP contribution in [0.1, 0.15) is 38.8 Å². The van der Waals surface area contributed by atoms with E-state index in [-0.39, 0.29) is 10.4 Å². The first-order valence-corrected chi connectivity index (χ1v) is 11.9. The average molecular weight is 399 g/mol. The first-order chi connectivity index (χ1) is 13.0. The Morgan fingerprint density at radius 1 is 1.11 bits per heavy atom. The molecule has 0 N–H and O–H groups in total. The molecule has 28 heavy (non-hydrogen) atoms. The van der Waals surface area contributed by atoms with Gasteiger partial charge in [-0.15, -0.1) is 0 Å². The number of benzene rings is 2. The molecule has 0 saturated carbocycles. The van der Waals surface area contributed by atoms with Gasteiger partial charge in [-0.2, -0.15) is 0 Å². The summed E-state index contributed by atoms with van der Waals surface area (Å²) in [4.78, 5) is 13.0. The van der Waals surface area contributed by atoms with E-state index >= 15 is 0 Å². The number of rotatable bonds is 3. The van der Waals surface area contributed by atoms with Crippen LogP contribution >= 0.6 is 10.0 Å². The minimum Gasteiger partial charge on any atom is -0.496 e. The molecule has 0 aliphatic carbocycles. The Morgan fingerprint density at radius 2 is 1.79 bits per heavy atom. The fourth-order valence-electron chi connectivity index (χ4n) is 3.50. The molecule has 1 aromatic heterocycles. The Labute approximate surface area is 168 Å². The largest absolute Gasteiger partial charge is 0.496 e. The zero-order valence-electron chi connectivity index (χ0n) is 18.1. The molecule has 3 rings (SSSR count). The molecule has 3 aromatic rings. The Hall–Kier alpha value is -2.20. The van der Waals surface area contributed by atoms with Crippen LogP contribution in [-0.2, 0) is 0 Å². The van der Waals surface area contributed by atoms with Crippen LogP contribution < -0.4 is 10.4 Å². The van der Waals surface area contributed by atoms with Gasteiger partial charge < -0.3 is 9.15 Å². The van der Waals surface area contributed by atoms with E-state index in [2.05, 4.69) is 58.6 Å². The molecular weight excluding hydrogens is 368 g/mol. The van der Waals surface area contributed by atoms with Gasteiger partial charge in [0.15, 0.2) is 0 Å². The van der Waals surface area contributed by atoms with Crippen molar-refractivity contribution in [3.8, 4) is 5.75 Å². The van der Waals surface area contributed by atoms with E-state index in [1.54, 1.807) is 7.11 Å². The maximum atomic E-state index is 13.0. The molecule has 0 spiro atoms. The van der Waals surface area contributed by atoms with Crippen molar-refractivity contribution >= 4 is 37.3 Å². The van der Waals surface area contributed by atoms with Crippen LogP contribution in [0, 0.1) is 6.92 Å². The minimum absolute atomic E-state index is 0.174. The predicted octanol–water partition coefficient (Wildman–Crippen LogP) is 6.49. The van der Waals surface area contributed by atoms with Gasteiger partial charge in [-0.3, -0.25) is 0 Å². The molecule has 3 nitrogen and oxygen atoms in total. The number of hydrogen-bond acceptors (Lipinski definition) is 3. The third-order valence-corrected chi connectivity index (χ3v) is 9.84. The van der Waals surface area contributed by atoms with Gasteiger partial charge in [0, 0.05) is 5.39 Å². The predicted molar refractivity (Wildman–Crippen MR) is 124 cm³/mol. The SMILES string of the molecule is COc1cccc2oc(=O)c3c(/C(C)=C\S(C)(C)C(C)(C)C)c(C)ccc3c12. The third-order valence-electron chi connectivity index (χ3n) is 5.74. The maximum Gasteiger partial charge on any atom is 0.344 e. The van der Waals surface area contributed by atoms with Gasteiger partial charge in [0.05, 0.1) is 17.9 Å². The molecule has 0 amide bonds. The van der Waals surface area contributed by atoms with Gasteiger partial charge in [-0.1, -0.05) is 39.0 Å². The van der Waals surface area contributed by atoms with Gasteiger partial charge in [0.1, 0.15) is 11.3 Å². The highest BCUT2D eigenvalue weighted by atomic mass is 32.3. The Kier molecular flexibility index (Phi) is 5.13. The number of aryl methyl sites for hydroxylation is 1. The number of methoxy groups -OCH3 is 1. The molecule has 0 radical (unpaired) electrons. The van der Waals surface area contributed by atoms with Crippen LogP contribution in [0.2, 0.25) is 0 Å². The summed E-state index contributed by atoms with van der Waals surface area (Å²) in [5.74, 6) is 0.711. The topological polar surface area (TPSA) is 39.4 Å². The molecule has 1 heterocycles. The summed E-state index contributed by atoms with van der Waals surface area (Å²) in [6.45, 7) is 11.0. The van der Waals surface area contributed by atoms with Crippen LogP contribution in [-0.4, -0.2) is 24.4 Å². The second-order valence-corrected chi connectivity index (χ2v) is 13.0. The molecule has 0 bridgehead atoms. The molecule has 0 unspecified atom stereocenters. The lowest BCUT2D eigenvalue weighted by atomic mass is 9.95. The lowest BCUT2D eigenvalue weighted by Gasteiger charge is -2.42. The van der Waals surface area contributed by atoms with Crippen LogP contribution in [0.5, 0.6) is 5.75 Å². The van der Waals surface area contributed by atoms with E-state index < -0.39 is 10.0 Å². The maximum absolute atomic E-state index is 13.0. The molecule has 0 aliphatic heterocycles. The van der Waals surface area contributed by atoms with Crippen molar-refractivity contribution in [2.75, 3.05) is 19.6 Å². The number of fused-ring (bicyclic) bond motifs is 3. The van der Waals surface area contributed by atoms with Gasteiger partial charge in [-0.25, -0.2) is 14.8 Å². The quantitative estimate of drug-likeness (QED) is 0.374. The summed E-state index contributed by atoms with van der Waals surface area (Å²) < 4.78 is 11.4. The van der Waals surface area contributed by atoms with Gasteiger partial charge >= 0.3 is 5.63 Å². The van der Waals surface area contributed by atoms with Crippen molar-refractivity contribution in [2.45, 2.75) is 39.4 Å². The van der Waals surface area contributed by atoms with Crippen LogP contribution in [0.3, 0.4) is 0 Å². The standard InChI is InChI=1S/C24H30O3S/c1-15-12-13-17-21-18(26-6)10-9-11-19(21)27-23(25)22(17)20(15)16(2)14-28(7,8)24(3,4)5/h9-14H,1-8H3/b16-14-. The van der Waals surface area contributed by atoms with E-state index in [0.717, 1.165) is 27.5 Å². The van der Waals surface area contributed by atoms with Crippen molar-refractivity contribution in [1.29, 1.82) is 0 Å². The van der Waals surface area contributed by atoms with E-state index in [0.29, 0.717) is 16.7 Å². The van der Waals surface area contributed by atoms with Crippen molar-refractivity contribution in [2.24, 2.45) is 0 Å². The Morgan fingerprint density at radius 3 is 2.39 bits per heavy atom. The van der Waals surface area contributed by atoms with Crippen molar-refractivity contribution < 1.29 is 9.15 Å². The lowest BCUT2D eigenvalue weighted by molar-refractivity contribution is 0.419. The number of hydrogen-bond donors (Lipinski definition) is 0. The first-order valence-electron chi connectivity index (χ1n) is 9.42. The number of ether oxygens (including phenoxy) is 1. The normalized spacial score (nSPS) is 13.9. The lowest BCUT2D eigenvalue weighted by Crippen LogP contribution is -2.21. The summed E-state index contributed by atoms with van der Waals surface area (Å²) in [6, 6.07) is 9.64. The molecule has 0 saturated heterocycles. The molecule has 0 fully saturated rings. The van der Waals surface area contributed by atoms with Gasteiger partial charge in [0.2, 0.25) is 0 Å².